The number of amides is 3. The molecule has 1 aliphatic rings. The molecule has 1 heterocycles. The highest BCUT2D eigenvalue weighted by atomic mass is 16.2. The maximum Gasteiger partial charge on any atom is 0.254 e. The second kappa shape index (κ2) is 7.55. The molecule has 2 rings (SSSR count). The van der Waals surface area contributed by atoms with Crippen molar-refractivity contribution in [2.75, 3.05) is 52.7 Å². The molecule has 136 valence electrons. The lowest BCUT2D eigenvalue weighted by Crippen LogP contribution is -2.61. The number of piperazine rings is 1. The van der Waals surface area contributed by atoms with E-state index in [2.05, 4.69) is 0 Å². The van der Waals surface area contributed by atoms with E-state index >= 15 is 0 Å². The SMILES string of the molecule is CC(=O)N1CCN(C(=O)c2cccc(N(C)C)c2)C[C@@H]1C(=O)N(C)C. The van der Waals surface area contributed by atoms with Crippen molar-refractivity contribution in [1.82, 2.24) is 14.7 Å². The fourth-order valence-corrected chi connectivity index (χ4v) is 2.95. The summed E-state index contributed by atoms with van der Waals surface area (Å²) in [5.74, 6) is -0.444. The number of benzene rings is 1. The number of anilines is 1. The molecule has 0 saturated carbocycles. The molecule has 0 bridgehead atoms. The van der Waals surface area contributed by atoms with E-state index in [0.717, 1.165) is 5.69 Å². The number of carbonyl (C=O) groups is 3. The maximum atomic E-state index is 12.9. The average Bonchev–Trinajstić information content (AvgIpc) is 2.59. The van der Waals surface area contributed by atoms with E-state index in [1.165, 1.54) is 11.8 Å². The van der Waals surface area contributed by atoms with Crippen molar-refractivity contribution < 1.29 is 14.4 Å². The van der Waals surface area contributed by atoms with Gasteiger partial charge >= 0.3 is 0 Å². The highest BCUT2D eigenvalue weighted by molar-refractivity contribution is 5.96. The molecular formula is C18H26N4O3. The van der Waals surface area contributed by atoms with Gasteiger partial charge in [-0.3, -0.25) is 14.4 Å². The van der Waals surface area contributed by atoms with Crippen molar-refractivity contribution in [3.63, 3.8) is 0 Å². The standard InChI is InChI=1S/C18H26N4O3/c1-13(23)22-10-9-21(12-16(22)18(25)20(4)5)17(24)14-7-6-8-15(11-14)19(2)3/h6-8,11,16H,9-10,12H2,1-5H3/t16-/m1/s1. The molecular weight excluding hydrogens is 320 g/mol. The van der Waals surface area contributed by atoms with Crippen LogP contribution in [0.4, 0.5) is 5.69 Å². The van der Waals surface area contributed by atoms with E-state index < -0.39 is 6.04 Å². The van der Waals surface area contributed by atoms with Gasteiger partial charge in [0.1, 0.15) is 6.04 Å². The van der Waals surface area contributed by atoms with Crippen LogP contribution in [-0.2, 0) is 9.59 Å². The van der Waals surface area contributed by atoms with E-state index in [9.17, 15) is 14.4 Å². The van der Waals surface area contributed by atoms with Gasteiger partial charge in [-0.1, -0.05) is 6.07 Å². The summed E-state index contributed by atoms with van der Waals surface area (Å²) in [6.07, 6.45) is 0. The van der Waals surface area contributed by atoms with Crippen LogP contribution in [0.1, 0.15) is 17.3 Å². The third kappa shape index (κ3) is 4.10. The highest BCUT2D eigenvalue weighted by Crippen LogP contribution is 2.18. The summed E-state index contributed by atoms with van der Waals surface area (Å²) in [7, 11) is 7.14. The molecule has 0 spiro atoms. The summed E-state index contributed by atoms with van der Waals surface area (Å²) in [5.41, 5.74) is 1.52. The molecule has 25 heavy (non-hydrogen) atoms. The fourth-order valence-electron chi connectivity index (χ4n) is 2.95. The van der Waals surface area contributed by atoms with Gasteiger partial charge < -0.3 is 19.6 Å². The Hall–Kier alpha value is -2.57. The number of nitrogens with zero attached hydrogens (tertiary/aromatic N) is 4. The predicted molar refractivity (Wildman–Crippen MR) is 96.5 cm³/mol. The van der Waals surface area contributed by atoms with Gasteiger partial charge in [0, 0.05) is 59.5 Å². The first kappa shape index (κ1) is 18.8. The average molecular weight is 346 g/mol. The Morgan fingerprint density at radius 3 is 2.32 bits per heavy atom. The molecule has 1 fully saturated rings. The smallest absolute Gasteiger partial charge is 0.254 e. The summed E-state index contributed by atoms with van der Waals surface area (Å²) in [6.45, 7) is 2.44. The zero-order valence-corrected chi connectivity index (χ0v) is 15.5. The van der Waals surface area contributed by atoms with E-state index in [0.29, 0.717) is 18.7 Å². The first-order valence-corrected chi connectivity index (χ1v) is 8.27. The summed E-state index contributed by atoms with van der Waals surface area (Å²) in [5, 5.41) is 0. The minimum absolute atomic E-state index is 0.122. The van der Waals surface area contributed by atoms with Crippen LogP contribution in [-0.4, -0.2) is 86.3 Å². The van der Waals surface area contributed by atoms with Crippen molar-refractivity contribution in [3.05, 3.63) is 29.8 Å². The van der Waals surface area contributed by atoms with Crippen LogP contribution in [0.5, 0.6) is 0 Å². The van der Waals surface area contributed by atoms with E-state index in [1.54, 1.807) is 30.0 Å². The summed E-state index contributed by atoms with van der Waals surface area (Å²) >= 11 is 0. The van der Waals surface area contributed by atoms with E-state index in [4.69, 9.17) is 0 Å². The van der Waals surface area contributed by atoms with Gasteiger partial charge in [0.05, 0.1) is 6.54 Å². The Kier molecular flexibility index (Phi) is 5.66. The van der Waals surface area contributed by atoms with Crippen LogP contribution >= 0.6 is 0 Å². The zero-order valence-electron chi connectivity index (χ0n) is 15.5. The Labute approximate surface area is 148 Å². The van der Waals surface area contributed by atoms with Gasteiger partial charge in [-0.05, 0) is 18.2 Å². The Morgan fingerprint density at radius 1 is 1.08 bits per heavy atom. The number of likely N-dealkylation sites (N-methyl/N-ethyl adjacent to an activating group) is 1. The number of carbonyl (C=O) groups excluding carboxylic acids is 3. The third-order valence-electron chi connectivity index (χ3n) is 4.41. The summed E-state index contributed by atoms with van der Waals surface area (Å²) < 4.78 is 0. The molecule has 1 saturated heterocycles. The lowest BCUT2D eigenvalue weighted by Gasteiger charge is -2.41. The third-order valence-corrected chi connectivity index (χ3v) is 4.41. The Morgan fingerprint density at radius 2 is 1.76 bits per heavy atom. The van der Waals surface area contributed by atoms with Gasteiger partial charge in [-0.15, -0.1) is 0 Å². The van der Waals surface area contributed by atoms with Crippen molar-refractivity contribution in [2.24, 2.45) is 0 Å². The summed E-state index contributed by atoms with van der Waals surface area (Å²) in [6, 6.07) is 6.75. The first-order chi connectivity index (χ1) is 11.7. The molecule has 0 unspecified atom stereocenters. The minimum Gasteiger partial charge on any atom is -0.378 e. The molecule has 0 aliphatic carbocycles. The van der Waals surface area contributed by atoms with E-state index in [-0.39, 0.29) is 24.3 Å². The lowest BCUT2D eigenvalue weighted by atomic mass is 10.1. The predicted octanol–water partition coefficient (Wildman–Crippen LogP) is 0.514. The largest absolute Gasteiger partial charge is 0.378 e. The van der Waals surface area contributed by atoms with Crippen LogP contribution in [0.2, 0.25) is 0 Å². The van der Waals surface area contributed by atoms with Crippen molar-refractivity contribution in [3.8, 4) is 0 Å². The van der Waals surface area contributed by atoms with Gasteiger partial charge in [0.15, 0.2) is 0 Å². The number of hydrogen-bond donors (Lipinski definition) is 0. The van der Waals surface area contributed by atoms with Crippen molar-refractivity contribution in [1.29, 1.82) is 0 Å². The van der Waals surface area contributed by atoms with Crippen LogP contribution in [0.15, 0.2) is 24.3 Å². The van der Waals surface area contributed by atoms with Crippen molar-refractivity contribution in [2.45, 2.75) is 13.0 Å². The molecule has 3 amide bonds. The molecule has 1 atom stereocenters. The molecule has 7 nitrogen and oxygen atoms in total. The second-order valence-electron chi connectivity index (χ2n) is 6.66. The van der Waals surface area contributed by atoms with E-state index in [1.807, 2.05) is 37.2 Å². The quantitative estimate of drug-likeness (QED) is 0.800. The van der Waals surface area contributed by atoms with Gasteiger partial charge in [-0.25, -0.2) is 0 Å². The maximum absolute atomic E-state index is 12.9. The number of hydrogen-bond acceptors (Lipinski definition) is 4. The molecule has 0 N–H and O–H groups in total. The Bertz CT molecular complexity index is 672. The molecule has 0 aromatic heterocycles. The van der Waals surface area contributed by atoms with Crippen LogP contribution in [0.25, 0.3) is 0 Å². The first-order valence-electron chi connectivity index (χ1n) is 8.27. The lowest BCUT2D eigenvalue weighted by molar-refractivity contribution is -0.146. The van der Waals surface area contributed by atoms with Crippen LogP contribution in [0.3, 0.4) is 0 Å². The normalized spacial score (nSPS) is 17.2. The molecule has 1 aliphatic heterocycles. The number of rotatable bonds is 3. The van der Waals surface area contributed by atoms with Gasteiger partial charge in [-0.2, -0.15) is 0 Å². The topological polar surface area (TPSA) is 64.2 Å². The molecule has 0 radical (unpaired) electrons. The fraction of sp³-hybridized carbons (Fsp3) is 0.500. The molecule has 1 aromatic rings. The minimum atomic E-state index is -0.637. The molecule has 7 heteroatoms. The van der Waals surface area contributed by atoms with Crippen LogP contribution < -0.4 is 4.90 Å². The highest BCUT2D eigenvalue weighted by Gasteiger charge is 2.36. The van der Waals surface area contributed by atoms with Crippen molar-refractivity contribution >= 4 is 23.4 Å². The zero-order chi connectivity index (χ0) is 18.7. The monoisotopic (exact) mass is 346 g/mol. The summed E-state index contributed by atoms with van der Waals surface area (Å²) in [4.78, 5) is 43.8. The Balaban J connectivity index is 2.22. The van der Waals surface area contributed by atoms with Gasteiger partial charge in [0.25, 0.3) is 5.91 Å². The molecule has 1 aromatic carbocycles. The van der Waals surface area contributed by atoms with Gasteiger partial charge in [0.2, 0.25) is 11.8 Å². The van der Waals surface area contributed by atoms with Crippen LogP contribution in [0, 0.1) is 0 Å². The second-order valence-corrected chi connectivity index (χ2v) is 6.66.